The summed E-state index contributed by atoms with van der Waals surface area (Å²) < 4.78 is 0. The summed E-state index contributed by atoms with van der Waals surface area (Å²) in [6.45, 7) is 2.95. The van der Waals surface area contributed by atoms with E-state index in [-0.39, 0.29) is 0 Å². The number of carbonyl (C=O) groups is 2. The molecule has 0 radical (unpaired) electrons. The van der Waals surface area contributed by atoms with Crippen molar-refractivity contribution in [2.75, 3.05) is 33.7 Å². The monoisotopic (exact) mass is 198 g/mol. The molecule has 0 N–H and O–H groups in total. The van der Waals surface area contributed by atoms with Gasteiger partial charge in [-0.3, -0.25) is 9.59 Å². The molecule has 1 aliphatic heterocycles. The van der Waals surface area contributed by atoms with Gasteiger partial charge in [-0.15, -0.1) is 0 Å². The molecule has 1 rings (SSSR count). The minimum Gasteiger partial charge on any atom is -0.339 e. The van der Waals surface area contributed by atoms with Crippen LogP contribution >= 0.6 is 0 Å². The second kappa shape index (κ2) is 5.10. The highest BCUT2D eigenvalue weighted by Crippen LogP contribution is 2.17. The zero-order valence-electron chi connectivity index (χ0n) is 8.90. The predicted octanol–water partition coefficient (Wildman–Crippen LogP) is -0.0145. The molecule has 1 saturated heterocycles. The van der Waals surface area contributed by atoms with Crippen molar-refractivity contribution in [1.29, 1.82) is 0 Å². The van der Waals surface area contributed by atoms with E-state index in [4.69, 9.17) is 0 Å². The first-order valence-electron chi connectivity index (χ1n) is 5.02. The van der Waals surface area contributed by atoms with Crippen LogP contribution in [-0.2, 0) is 9.59 Å². The molecule has 0 saturated carbocycles. The van der Waals surface area contributed by atoms with Crippen molar-refractivity contribution in [2.45, 2.75) is 12.8 Å². The van der Waals surface area contributed by atoms with Crippen molar-refractivity contribution in [3.8, 4) is 0 Å². The molecule has 1 atom stereocenters. The summed E-state index contributed by atoms with van der Waals surface area (Å²) in [5.41, 5.74) is 0. The molecule has 0 aromatic carbocycles. The third-order valence-electron chi connectivity index (χ3n) is 2.84. The van der Waals surface area contributed by atoms with Gasteiger partial charge in [-0.05, 0) is 32.4 Å². The zero-order valence-corrected chi connectivity index (χ0v) is 8.90. The van der Waals surface area contributed by atoms with Crippen LogP contribution in [0.15, 0.2) is 0 Å². The Balaban J connectivity index is 2.20. The molecule has 1 fully saturated rings. The molecule has 4 nitrogen and oxygen atoms in total. The van der Waals surface area contributed by atoms with Gasteiger partial charge in [0, 0.05) is 20.1 Å². The fourth-order valence-electron chi connectivity index (χ4n) is 1.84. The van der Waals surface area contributed by atoms with Gasteiger partial charge in [0.1, 0.15) is 0 Å². The normalized spacial score (nSPS) is 22.3. The first kappa shape index (κ1) is 11.2. The molecule has 1 aliphatic rings. The van der Waals surface area contributed by atoms with Gasteiger partial charge in [0.25, 0.3) is 5.91 Å². The maximum Gasteiger partial charge on any atom is 0.286 e. The van der Waals surface area contributed by atoms with Crippen LogP contribution in [0.4, 0.5) is 0 Å². The number of amides is 1. The van der Waals surface area contributed by atoms with E-state index in [0.29, 0.717) is 18.7 Å². The van der Waals surface area contributed by atoms with Crippen molar-refractivity contribution >= 4 is 12.2 Å². The number of aldehydes is 1. The Morgan fingerprint density at radius 3 is 2.86 bits per heavy atom. The fourth-order valence-corrected chi connectivity index (χ4v) is 1.84. The van der Waals surface area contributed by atoms with Crippen LogP contribution in [0.5, 0.6) is 0 Å². The standard InChI is InChI=1S/C10H18N2O2/c1-11-5-3-9(7-11)4-6-12(2)10(14)8-13/h8-9H,3-7H2,1-2H3. The molecule has 4 heteroatoms. The lowest BCUT2D eigenvalue weighted by Crippen LogP contribution is -2.29. The van der Waals surface area contributed by atoms with Crippen molar-refractivity contribution in [3.63, 3.8) is 0 Å². The number of likely N-dealkylation sites (N-methyl/N-ethyl adjacent to an activating group) is 1. The Hall–Kier alpha value is -0.900. The van der Waals surface area contributed by atoms with Crippen molar-refractivity contribution < 1.29 is 9.59 Å². The number of likely N-dealkylation sites (tertiary alicyclic amines) is 1. The fraction of sp³-hybridized carbons (Fsp3) is 0.800. The smallest absolute Gasteiger partial charge is 0.286 e. The minimum atomic E-state index is -0.420. The van der Waals surface area contributed by atoms with Crippen molar-refractivity contribution in [1.82, 2.24) is 9.80 Å². The third-order valence-corrected chi connectivity index (χ3v) is 2.84. The van der Waals surface area contributed by atoms with Crippen LogP contribution in [0, 0.1) is 5.92 Å². The number of hydrogen-bond acceptors (Lipinski definition) is 3. The predicted molar refractivity (Wildman–Crippen MR) is 53.9 cm³/mol. The summed E-state index contributed by atoms with van der Waals surface area (Å²) in [5.74, 6) is 0.262. The summed E-state index contributed by atoms with van der Waals surface area (Å²) in [5, 5.41) is 0. The average Bonchev–Trinajstić information content (AvgIpc) is 2.59. The first-order chi connectivity index (χ1) is 6.63. The van der Waals surface area contributed by atoms with Crippen molar-refractivity contribution in [3.05, 3.63) is 0 Å². The van der Waals surface area contributed by atoms with E-state index in [2.05, 4.69) is 11.9 Å². The largest absolute Gasteiger partial charge is 0.339 e. The summed E-state index contributed by atoms with van der Waals surface area (Å²) >= 11 is 0. The molecular formula is C10H18N2O2. The first-order valence-corrected chi connectivity index (χ1v) is 5.02. The quantitative estimate of drug-likeness (QED) is 0.471. The maximum atomic E-state index is 10.9. The van der Waals surface area contributed by atoms with Gasteiger partial charge in [-0.1, -0.05) is 0 Å². The van der Waals surface area contributed by atoms with Crippen LogP contribution in [0.25, 0.3) is 0 Å². The molecule has 1 amide bonds. The number of nitrogens with zero attached hydrogens (tertiary/aromatic N) is 2. The third kappa shape index (κ3) is 3.10. The molecule has 80 valence electrons. The molecule has 14 heavy (non-hydrogen) atoms. The molecule has 1 unspecified atom stereocenters. The van der Waals surface area contributed by atoms with Crippen LogP contribution < -0.4 is 0 Å². The summed E-state index contributed by atoms with van der Waals surface area (Å²) in [6.07, 6.45) is 2.58. The van der Waals surface area contributed by atoms with Gasteiger partial charge in [0.05, 0.1) is 0 Å². The van der Waals surface area contributed by atoms with E-state index in [1.54, 1.807) is 7.05 Å². The van der Waals surface area contributed by atoms with Gasteiger partial charge in [0.2, 0.25) is 6.29 Å². The van der Waals surface area contributed by atoms with Gasteiger partial charge < -0.3 is 9.80 Å². The number of hydrogen-bond donors (Lipinski definition) is 0. The Morgan fingerprint density at radius 2 is 2.36 bits per heavy atom. The van der Waals surface area contributed by atoms with Crippen LogP contribution in [0.1, 0.15) is 12.8 Å². The van der Waals surface area contributed by atoms with E-state index in [0.717, 1.165) is 19.5 Å². The molecule has 1 heterocycles. The minimum absolute atomic E-state index is 0.376. The van der Waals surface area contributed by atoms with Gasteiger partial charge in [-0.2, -0.15) is 0 Å². The van der Waals surface area contributed by atoms with Gasteiger partial charge >= 0.3 is 0 Å². The van der Waals surface area contributed by atoms with E-state index in [9.17, 15) is 9.59 Å². The van der Waals surface area contributed by atoms with E-state index < -0.39 is 5.91 Å². The highest BCUT2D eigenvalue weighted by Gasteiger charge is 2.20. The number of carbonyl (C=O) groups excluding carboxylic acids is 2. The second-order valence-electron chi connectivity index (χ2n) is 4.08. The highest BCUT2D eigenvalue weighted by atomic mass is 16.2. The van der Waals surface area contributed by atoms with Crippen molar-refractivity contribution in [2.24, 2.45) is 5.92 Å². The van der Waals surface area contributed by atoms with E-state index in [1.807, 2.05) is 0 Å². The van der Waals surface area contributed by atoms with Crippen LogP contribution in [0.2, 0.25) is 0 Å². The molecule has 0 aliphatic carbocycles. The zero-order chi connectivity index (χ0) is 10.6. The van der Waals surface area contributed by atoms with Gasteiger partial charge in [-0.25, -0.2) is 0 Å². The Bertz CT molecular complexity index is 218. The highest BCUT2D eigenvalue weighted by molar-refractivity contribution is 6.23. The molecular weight excluding hydrogens is 180 g/mol. The number of rotatable bonds is 4. The summed E-state index contributed by atoms with van der Waals surface area (Å²) in [6, 6.07) is 0. The molecule has 0 bridgehead atoms. The van der Waals surface area contributed by atoms with E-state index >= 15 is 0 Å². The van der Waals surface area contributed by atoms with Crippen LogP contribution in [0.3, 0.4) is 0 Å². The Kier molecular flexibility index (Phi) is 4.07. The Labute approximate surface area is 84.9 Å². The topological polar surface area (TPSA) is 40.6 Å². The van der Waals surface area contributed by atoms with Gasteiger partial charge in [0.15, 0.2) is 0 Å². The maximum absolute atomic E-state index is 10.9. The summed E-state index contributed by atoms with van der Waals surface area (Å²) in [4.78, 5) is 24.9. The molecule has 0 aromatic heterocycles. The SMILES string of the molecule is CN1CCC(CCN(C)C(=O)C=O)C1. The lowest BCUT2D eigenvalue weighted by Gasteiger charge is -2.16. The average molecular weight is 198 g/mol. The lowest BCUT2D eigenvalue weighted by molar-refractivity contribution is -0.137. The summed E-state index contributed by atoms with van der Waals surface area (Å²) in [7, 11) is 3.79. The van der Waals surface area contributed by atoms with Crippen LogP contribution in [-0.4, -0.2) is 55.7 Å². The second-order valence-corrected chi connectivity index (χ2v) is 4.08. The molecule has 0 spiro atoms. The van der Waals surface area contributed by atoms with E-state index in [1.165, 1.54) is 11.3 Å². The molecule has 0 aromatic rings. The lowest BCUT2D eigenvalue weighted by atomic mass is 10.1. The Morgan fingerprint density at radius 1 is 1.64 bits per heavy atom.